The van der Waals surface area contributed by atoms with Crippen LogP contribution in [0.2, 0.25) is 0 Å². The number of aliphatic hydroxyl groups is 1. The SMILES string of the molecule is CC(c1ccc(C(F)(F)F)cc1)C(O)CC#N. The van der Waals surface area contributed by atoms with E-state index in [9.17, 15) is 18.3 Å². The number of nitriles is 1. The Bertz CT molecular complexity index is 405. The van der Waals surface area contributed by atoms with Crippen molar-refractivity contribution < 1.29 is 18.3 Å². The van der Waals surface area contributed by atoms with Gasteiger partial charge >= 0.3 is 6.18 Å². The molecule has 0 aromatic heterocycles. The van der Waals surface area contributed by atoms with E-state index in [1.165, 1.54) is 12.1 Å². The van der Waals surface area contributed by atoms with Crippen molar-refractivity contribution in [1.82, 2.24) is 0 Å². The first-order valence-electron chi connectivity index (χ1n) is 5.08. The first-order valence-corrected chi connectivity index (χ1v) is 5.08. The van der Waals surface area contributed by atoms with Gasteiger partial charge < -0.3 is 5.11 Å². The zero-order valence-electron chi connectivity index (χ0n) is 9.20. The van der Waals surface area contributed by atoms with E-state index >= 15 is 0 Å². The zero-order chi connectivity index (χ0) is 13.1. The van der Waals surface area contributed by atoms with E-state index in [1.807, 2.05) is 6.07 Å². The van der Waals surface area contributed by atoms with E-state index < -0.39 is 17.8 Å². The number of aliphatic hydroxyl groups excluding tert-OH is 1. The molecule has 0 spiro atoms. The standard InChI is InChI=1S/C12H12F3NO/c1-8(11(17)6-7-16)9-2-4-10(5-3-9)12(13,14)15/h2-5,8,11,17H,6H2,1H3. The summed E-state index contributed by atoms with van der Waals surface area (Å²) in [6.45, 7) is 1.67. The lowest BCUT2D eigenvalue weighted by atomic mass is 9.93. The summed E-state index contributed by atoms with van der Waals surface area (Å²) < 4.78 is 36.9. The van der Waals surface area contributed by atoms with Gasteiger partial charge in [0.15, 0.2) is 0 Å². The van der Waals surface area contributed by atoms with E-state index in [1.54, 1.807) is 6.92 Å². The summed E-state index contributed by atoms with van der Waals surface area (Å²) in [6, 6.07) is 6.43. The van der Waals surface area contributed by atoms with Crippen molar-refractivity contribution >= 4 is 0 Å². The number of rotatable bonds is 3. The van der Waals surface area contributed by atoms with E-state index in [0.717, 1.165) is 12.1 Å². The van der Waals surface area contributed by atoms with E-state index in [4.69, 9.17) is 5.26 Å². The zero-order valence-corrected chi connectivity index (χ0v) is 9.20. The van der Waals surface area contributed by atoms with Crippen LogP contribution in [-0.4, -0.2) is 11.2 Å². The molecule has 1 rings (SSSR count). The number of halogens is 3. The Labute approximate surface area is 97.3 Å². The molecule has 0 aliphatic heterocycles. The third-order valence-corrected chi connectivity index (χ3v) is 2.64. The van der Waals surface area contributed by atoms with Gasteiger partial charge in [0, 0.05) is 5.92 Å². The molecule has 0 amide bonds. The second-order valence-electron chi connectivity index (χ2n) is 3.84. The third-order valence-electron chi connectivity index (χ3n) is 2.64. The molecule has 0 saturated heterocycles. The monoisotopic (exact) mass is 243 g/mol. The van der Waals surface area contributed by atoms with Gasteiger partial charge in [-0.15, -0.1) is 0 Å². The lowest BCUT2D eigenvalue weighted by molar-refractivity contribution is -0.137. The lowest BCUT2D eigenvalue weighted by Crippen LogP contribution is -2.15. The summed E-state index contributed by atoms with van der Waals surface area (Å²) in [4.78, 5) is 0. The summed E-state index contributed by atoms with van der Waals surface area (Å²) in [5, 5.41) is 18.0. The molecule has 2 unspecified atom stereocenters. The number of hydrogen-bond donors (Lipinski definition) is 1. The molecule has 1 aromatic carbocycles. The quantitative estimate of drug-likeness (QED) is 0.886. The summed E-state index contributed by atoms with van der Waals surface area (Å²) in [6.07, 6.45) is -5.26. The van der Waals surface area contributed by atoms with Crippen molar-refractivity contribution in [2.45, 2.75) is 31.5 Å². The highest BCUT2D eigenvalue weighted by atomic mass is 19.4. The average molecular weight is 243 g/mol. The molecule has 0 heterocycles. The molecular formula is C12H12F3NO. The van der Waals surface area contributed by atoms with Crippen LogP contribution in [0.3, 0.4) is 0 Å². The maximum atomic E-state index is 12.3. The topological polar surface area (TPSA) is 44.0 Å². The van der Waals surface area contributed by atoms with Crippen LogP contribution in [0, 0.1) is 11.3 Å². The van der Waals surface area contributed by atoms with Crippen LogP contribution in [-0.2, 0) is 6.18 Å². The van der Waals surface area contributed by atoms with Gasteiger partial charge in [-0.05, 0) is 17.7 Å². The van der Waals surface area contributed by atoms with Gasteiger partial charge in [0.2, 0.25) is 0 Å². The van der Waals surface area contributed by atoms with Crippen LogP contribution < -0.4 is 0 Å². The summed E-state index contributed by atoms with van der Waals surface area (Å²) in [5.41, 5.74) is -0.135. The maximum absolute atomic E-state index is 12.3. The van der Waals surface area contributed by atoms with E-state index in [0.29, 0.717) is 5.56 Å². The van der Waals surface area contributed by atoms with Crippen molar-refractivity contribution in [1.29, 1.82) is 5.26 Å². The fourth-order valence-electron chi connectivity index (χ4n) is 1.47. The van der Waals surface area contributed by atoms with Crippen LogP contribution in [0.1, 0.15) is 30.4 Å². The average Bonchev–Trinajstić information content (AvgIpc) is 2.27. The highest BCUT2D eigenvalue weighted by molar-refractivity contribution is 5.27. The first kappa shape index (κ1) is 13.5. The van der Waals surface area contributed by atoms with Gasteiger partial charge in [-0.2, -0.15) is 18.4 Å². The number of benzene rings is 1. The van der Waals surface area contributed by atoms with Gasteiger partial charge in [-0.25, -0.2) is 0 Å². The molecule has 0 saturated carbocycles. The minimum absolute atomic E-state index is 0.0395. The first-order chi connectivity index (χ1) is 7.86. The molecule has 17 heavy (non-hydrogen) atoms. The molecule has 0 radical (unpaired) electrons. The summed E-state index contributed by atoms with van der Waals surface area (Å²) in [5.74, 6) is -0.364. The molecule has 0 fully saturated rings. The molecule has 2 nitrogen and oxygen atoms in total. The van der Waals surface area contributed by atoms with Crippen LogP contribution >= 0.6 is 0 Å². The number of hydrogen-bond acceptors (Lipinski definition) is 2. The Morgan fingerprint density at radius 2 is 1.82 bits per heavy atom. The second-order valence-corrected chi connectivity index (χ2v) is 3.84. The van der Waals surface area contributed by atoms with Crippen molar-refractivity contribution in [3.63, 3.8) is 0 Å². The Kier molecular flexibility index (Phi) is 4.13. The molecule has 1 aromatic rings. The highest BCUT2D eigenvalue weighted by Gasteiger charge is 2.30. The van der Waals surface area contributed by atoms with Gasteiger partial charge in [0.25, 0.3) is 0 Å². The van der Waals surface area contributed by atoms with Gasteiger partial charge in [0.1, 0.15) is 0 Å². The second kappa shape index (κ2) is 5.19. The Hall–Kier alpha value is -1.54. The fraction of sp³-hybridized carbons (Fsp3) is 0.417. The van der Waals surface area contributed by atoms with Crippen molar-refractivity contribution in [2.24, 2.45) is 0 Å². The third kappa shape index (κ3) is 3.46. The van der Waals surface area contributed by atoms with Gasteiger partial charge in [-0.1, -0.05) is 19.1 Å². The molecule has 1 N–H and O–H groups in total. The molecule has 0 bridgehead atoms. The minimum atomic E-state index is -4.35. The lowest BCUT2D eigenvalue weighted by Gasteiger charge is -2.17. The number of nitrogens with zero attached hydrogens (tertiary/aromatic N) is 1. The van der Waals surface area contributed by atoms with E-state index in [-0.39, 0.29) is 12.3 Å². The number of alkyl halides is 3. The van der Waals surface area contributed by atoms with Crippen LogP contribution in [0.5, 0.6) is 0 Å². The van der Waals surface area contributed by atoms with Gasteiger partial charge in [0.05, 0.1) is 24.2 Å². The van der Waals surface area contributed by atoms with Crippen molar-refractivity contribution in [2.75, 3.05) is 0 Å². The predicted molar refractivity (Wildman–Crippen MR) is 56.1 cm³/mol. The molecular weight excluding hydrogens is 231 g/mol. The van der Waals surface area contributed by atoms with E-state index in [2.05, 4.69) is 0 Å². The van der Waals surface area contributed by atoms with Crippen LogP contribution in [0.25, 0.3) is 0 Å². The molecule has 5 heteroatoms. The Morgan fingerprint density at radius 1 is 1.29 bits per heavy atom. The highest BCUT2D eigenvalue weighted by Crippen LogP contribution is 2.30. The normalized spacial score (nSPS) is 15.1. The smallest absolute Gasteiger partial charge is 0.391 e. The van der Waals surface area contributed by atoms with Crippen molar-refractivity contribution in [3.05, 3.63) is 35.4 Å². The Morgan fingerprint density at radius 3 is 2.24 bits per heavy atom. The molecule has 0 aliphatic carbocycles. The predicted octanol–water partition coefficient (Wildman–Crippen LogP) is 3.08. The maximum Gasteiger partial charge on any atom is 0.416 e. The molecule has 0 aliphatic rings. The summed E-state index contributed by atoms with van der Waals surface area (Å²) >= 11 is 0. The molecule has 92 valence electrons. The Balaban J connectivity index is 2.85. The van der Waals surface area contributed by atoms with Crippen LogP contribution in [0.4, 0.5) is 13.2 Å². The largest absolute Gasteiger partial charge is 0.416 e. The van der Waals surface area contributed by atoms with Crippen LogP contribution in [0.15, 0.2) is 24.3 Å². The molecule has 2 atom stereocenters. The van der Waals surface area contributed by atoms with Gasteiger partial charge in [-0.3, -0.25) is 0 Å². The fourth-order valence-corrected chi connectivity index (χ4v) is 1.47. The van der Waals surface area contributed by atoms with Crippen molar-refractivity contribution in [3.8, 4) is 6.07 Å². The summed E-state index contributed by atoms with van der Waals surface area (Å²) in [7, 11) is 0. The minimum Gasteiger partial charge on any atom is -0.391 e.